The fourth-order valence-corrected chi connectivity index (χ4v) is 1.96. The molecule has 0 bridgehead atoms. The third-order valence-electron chi connectivity index (χ3n) is 3.13. The predicted molar refractivity (Wildman–Crippen MR) is 76.5 cm³/mol. The zero-order valence-electron chi connectivity index (χ0n) is 11.6. The van der Waals surface area contributed by atoms with Gasteiger partial charge in [0.15, 0.2) is 0 Å². The smallest absolute Gasteiger partial charge is 0.319 e. The Bertz CT molecular complexity index is 478. The minimum atomic E-state index is -0.202. The molecule has 2 N–H and O–H groups in total. The Balaban J connectivity index is 1.76. The Kier molecular flexibility index (Phi) is 5.43. The average Bonchev–Trinajstić information content (AvgIpc) is 2.52. The minimum absolute atomic E-state index is 0.202. The Labute approximate surface area is 119 Å². The molecule has 5 nitrogen and oxygen atoms in total. The van der Waals surface area contributed by atoms with Crippen LogP contribution in [0, 0.1) is 0 Å². The van der Waals surface area contributed by atoms with Gasteiger partial charge in [0.05, 0.1) is 20.3 Å². The van der Waals surface area contributed by atoms with Crippen LogP contribution in [0.2, 0.25) is 0 Å². The third-order valence-corrected chi connectivity index (χ3v) is 3.13. The number of methoxy groups -OCH3 is 1. The molecule has 1 heterocycles. The van der Waals surface area contributed by atoms with Gasteiger partial charge in [-0.1, -0.05) is 12.1 Å². The molecular formula is C15H20N2O3. The molecule has 1 aliphatic heterocycles. The van der Waals surface area contributed by atoms with Crippen molar-refractivity contribution in [3.8, 4) is 5.75 Å². The van der Waals surface area contributed by atoms with Crippen molar-refractivity contribution < 1.29 is 14.3 Å². The first-order valence-electron chi connectivity index (χ1n) is 6.71. The number of hydrogen-bond acceptors (Lipinski definition) is 3. The molecule has 1 aromatic rings. The van der Waals surface area contributed by atoms with Crippen molar-refractivity contribution in [2.24, 2.45) is 0 Å². The van der Waals surface area contributed by atoms with E-state index in [4.69, 9.17) is 9.47 Å². The third kappa shape index (κ3) is 4.59. The summed E-state index contributed by atoms with van der Waals surface area (Å²) in [6.07, 6.45) is 3.55. The number of carbonyl (C=O) groups excluding carboxylic acids is 1. The highest BCUT2D eigenvalue weighted by Gasteiger charge is 2.06. The number of amides is 2. The zero-order valence-corrected chi connectivity index (χ0v) is 11.6. The van der Waals surface area contributed by atoms with Crippen LogP contribution in [-0.2, 0) is 11.3 Å². The molecule has 1 aliphatic rings. The van der Waals surface area contributed by atoms with Crippen LogP contribution < -0.4 is 15.4 Å². The summed E-state index contributed by atoms with van der Waals surface area (Å²) in [6, 6.07) is 7.42. The lowest BCUT2D eigenvalue weighted by Gasteiger charge is -2.14. The van der Waals surface area contributed by atoms with Crippen LogP contribution in [0.5, 0.6) is 5.75 Å². The molecule has 0 saturated carbocycles. The molecule has 0 spiro atoms. The first-order chi connectivity index (χ1) is 9.78. The normalized spacial score (nSPS) is 14.6. The van der Waals surface area contributed by atoms with E-state index in [1.165, 1.54) is 5.57 Å². The Morgan fingerprint density at radius 3 is 2.95 bits per heavy atom. The highest BCUT2D eigenvalue weighted by Crippen LogP contribution is 2.12. The van der Waals surface area contributed by atoms with Crippen molar-refractivity contribution in [3.05, 3.63) is 41.6 Å². The van der Waals surface area contributed by atoms with E-state index in [0.717, 1.165) is 37.4 Å². The Hall–Kier alpha value is -2.01. The van der Waals surface area contributed by atoms with Crippen molar-refractivity contribution in [1.29, 1.82) is 0 Å². The van der Waals surface area contributed by atoms with Crippen LogP contribution in [0.3, 0.4) is 0 Å². The summed E-state index contributed by atoms with van der Waals surface area (Å²) in [5, 5.41) is 5.56. The van der Waals surface area contributed by atoms with Crippen LogP contribution in [0.1, 0.15) is 18.4 Å². The van der Waals surface area contributed by atoms with E-state index in [2.05, 4.69) is 10.6 Å². The van der Waals surface area contributed by atoms with Gasteiger partial charge in [-0.25, -0.2) is 4.79 Å². The van der Waals surface area contributed by atoms with E-state index < -0.39 is 0 Å². The van der Waals surface area contributed by atoms with Crippen molar-refractivity contribution in [2.75, 3.05) is 20.3 Å². The lowest BCUT2D eigenvalue weighted by atomic mass is 10.1. The largest absolute Gasteiger partial charge is 0.497 e. The van der Waals surface area contributed by atoms with E-state index in [-0.39, 0.29) is 6.03 Å². The molecule has 0 atom stereocenters. The molecule has 20 heavy (non-hydrogen) atoms. The first-order valence-corrected chi connectivity index (χ1v) is 6.71. The predicted octanol–water partition coefficient (Wildman–Crippen LogP) is 2.19. The number of nitrogens with one attached hydrogen (secondary N) is 2. The second-order valence-corrected chi connectivity index (χ2v) is 4.59. The number of benzene rings is 1. The van der Waals surface area contributed by atoms with Gasteiger partial charge in [0, 0.05) is 12.7 Å². The zero-order chi connectivity index (χ0) is 14.2. The van der Waals surface area contributed by atoms with E-state index in [9.17, 15) is 4.79 Å². The Morgan fingerprint density at radius 1 is 1.40 bits per heavy atom. The standard InChI is InChI=1S/C15H20N2O3/c1-19-14-4-2-3-13(9-14)11-17-15(18)16-10-12-5-7-20-8-6-12/h2-4,9-10H,5-8,11H2,1H3,(H2,16,17,18). The fourth-order valence-electron chi connectivity index (χ4n) is 1.96. The summed E-state index contributed by atoms with van der Waals surface area (Å²) in [5.41, 5.74) is 2.21. The van der Waals surface area contributed by atoms with Gasteiger partial charge >= 0.3 is 6.03 Å². The first kappa shape index (κ1) is 14.4. The SMILES string of the molecule is COc1cccc(CNC(=O)NC=C2CCOCC2)c1. The fraction of sp³-hybridized carbons (Fsp3) is 0.400. The van der Waals surface area contributed by atoms with E-state index in [1.807, 2.05) is 24.3 Å². The molecule has 0 aliphatic carbocycles. The molecule has 1 fully saturated rings. The molecule has 1 saturated heterocycles. The highest BCUT2D eigenvalue weighted by molar-refractivity contribution is 5.75. The van der Waals surface area contributed by atoms with Gasteiger partial charge in [-0.15, -0.1) is 0 Å². The number of hydrogen-bond donors (Lipinski definition) is 2. The van der Waals surface area contributed by atoms with Crippen molar-refractivity contribution in [1.82, 2.24) is 10.6 Å². The van der Waals surface area contributed by atoms with Gasteiger partial charge in [-0.2, -0.15) is 0 Å². The maximum Gasteiger partial charge on any atom is 0.319 e. The second kappa shape index (κ2) is 7.55. The summed E-state index contributed by atoms with van der Waals surface area (Å²) in [6.45, 7) is 1.94. The number of carbonyl (C=O) groups is 1. The molecule has 0 unspecified atom stereocenters. The molecule has 5 heteroatoms. The summed E-state index contributed by atoms with van der Waals surface area (Å²) in [7, 11) is 1.62. The summed E-state index contributed by atoms with van der Waals surface area (Å²) in [4.78, 5) is 11.7. The minimum Gasteiger partial charge on any atom is -0.497 e. The van der Waals surface area contributed by atoms with E-state index >= 15 is 0 Å². The molecule has 108 valence electrons. The summed E-state index contributed by atoms with van der Waals surface area (Å²) in [5.74, 6) is 0.786. The molecule has 2 rings (SSSR count). The second-order valence-electron chi connectivity index (χ2n) is 4.59. The van der Waals surface area contributed by atoms with Gasteiger partial charge in [0.2, 0.25) is 0 Å². The van der Waals surface area contributed by atoms with Crippen LogP contribution in [0.15, 0.2) is 36.0 Å². The number of ether oxygens (including phenoxy) is 2. The van der Waals surface area contributed by atoms with Gasteiger partial charge in [0.1, 0.15) is 5.75 Å². The van der Waals surface area contributed by atoms with Crippen LogP contribution in [-0.4, -0.2) is 26.4 Å². The monoisotopic (exact) mass is 276 g/mol. The van der Waals surface area contributed by atoms with Crippen molar-refractivity contribution >= 4 is 6.03 Å². The van der Waals surface area contributed by atoms with Gasteiger partial charge in [-0.3, -0.25) is 0 Å². The lowest BCUT2D eigenvalue weighted by Crippen LogP contribution is -2.32. The summed E-state index contributed by atoms with van der Waals surface area (Å²) >= 11 is 0. The van der Waals surface area contributed by atoms with E-state index in [0.29, 0.717) is 6.54 Å². The van der Waals surface area contributed by atoms with E-state index in [1.54, 1.807) is 13.3 Å². The molecule has 2 amide bonds. The average molecular weight is 276 g/mol. The molecule has 1 aromatic carbocycles. The van der Waals surface area contributed by atoms with Gasteiger partial charge in [-0.05, 0) is 36.1 Å². The molecule has 0 radical (unpaired) electrons. The number of rotatable bonds is 4. The van der Waals surface area contributed by atoms with Gasteiger partial charge in [0.25, 0.3) is 0 Å². The maximum atomic E-state index is 11.7. The lowest BCUT2D eigenvalue weighted by molar-refractivity contribution is 0.119. The quantitative estimate of drug-likeness (QED) is 0.886. The maximum absolute atomic E-state index is 11.7. The van der Waals surface area contributed by atoms with Gasteiger partial charge < -0.3 is 20.1 Å². The topological polar surface area (TPSA) is 59.6 Å². The van der Waals surface area contributed by atoms with Crippen molar-refractivity contribution in [3.63, 3.8) is 0 Å². The number of urea groups is 1. The molecule has 0 aromatic heterocycles. The summed E-state index contributed by atoms with van der Waals surface area (Å²) < 4.78 is 10.4. The van der Waals surface area contributed by atoms with Crippen LogP contribution in [0.25, 0.3) is 0 Å². The van der Waals surface area contributed by atoms with Crippen LogP contribution in [0.4, 0.5) is 4.79 Å². The molecular weight excluding hydrogens is 256 g/mol. The van der Waals surface area contributed by atoms with Crippen LogP contribution >= 0.6 is 0 Å². The highest BCUT2D eigenvalue weighted by atomic mass is 16.5. The Morgan fingerprint density at radius 2 is 2.20 bits per heavy atom. The van der Waals surface area contributed by atoms with Crippen molar-refractivity contribution in [2.45, 2.75) is 19.4 Å².